The van der Waals surface area contributed by atoms with Crippen molar-refractivity contribution in [2.75, 3.05) is 6.54 Å². The predicted octanol–water partition coefficient (Wildman–Crippen LogP) is 5.43. The van der Waals surface area contributed by atoms with E-state index in [4.69, 9.17) is 4.74 Å². The number of carbonyl (C=O) groups excluding carboxylic acids is 3. The second-order valence-corrected chi connectivity index (χ2v) is 14.6. The van der Waals surface area contributed by atoms with E-state index in [1.165, 1.54) is 32.1 Å². The molecule has 6 heteroatoms. The fraction of sp³-hybridized carbons (Fsp3) is 0.906. The Morgan fingerprint density at radius 1 is 0.947 bits per heavy atom. The minimum atomic E-state index is -0.568. The standard InChI is InChI=1S/C32H52N2O4/c1-19(2)17-28(34-29(36)27-7-6-16-33-27)30(37)38-22-12-14-31(4)21(18-22)8-9-23-25-11-10-24(20(3)35)32(25,5)15-13-26(23)31/h19,21-28,33H,6-18H2,1-5H3,(H,34,36)/t21-,22+,23-,24+,25-,26-,27-,28-,31-,32+/m0/s1. The quantitative estimate of drug-likeness (QED) is 0.431. The van der Waals surface area contributed by atoms with Gasteiger partial charge in [-0.15, -0.1) is 0 Å². The molecule has 0 radical (unpaired) electrons. The van der Waals surface area contributed by atoms with E-state index < -0.39 is 6.04 Å². The normalized spacial score (nSPS) is 43.1. The molecule has 10 atom stereocenters. The van der Waals surface area contributed by atoms with E-state index >= 15 is 0 Å². The molecule has 0 aromatic carbocycles. The van der Waals surface area contributed by atoms with E-state index in [0.29, 0.717) is 35.4 Å². The summed E-state index contributed by atoms with van der Waals surface area (Å²) in [6.07, 6.45) is 12.6. The first-order chi connectivity index (χ1) is 18.0. The van der Waals surface area contributed by atoms with Gasteiger partial charge in [0, 0.05) is 5.92 Å². The van der Waals surface area contributed by atoms with E-state index in [9.17, 15) is 14.4 Å². The molecule has 1 amide bonds. The lowest BCUT2D eigenvalue weighted by Crippen LogP contribution is -2.55. The Morgan fingerprint density at radius 2 is 1.68 bits per heavy atom. The first-order valence-electron chi connectivity index (χ1n) is 15.8. The van der Waals surface area contributed by atoms with Gasteiger partial charge in [-0.05, 0) is 131 Å². The molecule has 0 spiro atoms. The molecule has 4 aliphatic carbocycles. The summed E-state index contributed by atoms with van der Waals surface area (Å²) >= 11 is 0. The van der Waals surface area contributed by atoms with Crippen LogP contribution in [0.15, 0.2) is 0 Å². The van der Waals surface area contributed by atoms with Crippen LogP contribution in [0.4, 0.5) is 0 Å². The number of hydrogen-bond donors (Lipinski definition) is 2. The molecule has 1 aliphatic heterocycles. The van der Waals surface area contributed by atoms with Gasteiger partial charge in [-0.25, -0.2) is 4.79 Å². The maximum atomic E-state index is 13.3. The van der Waals surface area contributed by atoms with Gasteiger partial charge in [0.1, 0.15) is 17.9 Å². The Kier molecular flexibility index (Phi) is 8.03. The number of fused-ring (bicyclic) bond motifs is 5. The molecular weight excluding hydrogens is 476 g/mol. The predicted molar refractivity (Wildman–Crippen MR) is 148 cm³/mol. The minimum Gasteiger partial charge on any atom is -0.461 e. The van der Waals surface area contributed by atoms with Crippen LogP contribution in [0.25, 0.3) is 0 Å². The Hall–Kier alpha value is -1.43. The summed E-state index contributed by atoms with van der Waals surface area (Å²) in [5, 5.41) is 6.25. The molecule has 5 rings (SSSR count). The Labute approximate surface area is 230 Å². The summed E-state index contributed by atoms with van der Waals surface area (Å²) in [6.45, 7) is 11.8. The molecule has 1 saturated heterocycles. The lowest BCUT2D eigenvalue weighted by molar-refractivity contribution is -0.166. The zero-order valence-corrected chi connectivity index (χ0v) is 24.5. The van der Waals surface area contributed by atoms with Crippen molar-refractivity contribution in [2.24, 2.45) is 46.3 Å². The van der Waals surface area contributed by atoms with E-state index in [1.807, 2.05) is 6.92 Å². The van der Waals surface area contributed by atoms with Crippen LogP contribution < -0.4 is 10.6 Å². The van der Waals surface area contributed by atoms with Crippen molar-refractivity contribution in [3.8, 4) is 0 Å². The van der Waals surface area contributed by atoms with Gasteiger partial charge in [0.2, 0.25) is 5.91 Å². The molecule has 0 bridgehead atoms. The summed E-state index contributed by atoms with van der Waals surface area (Å²) < 4.78 is 6.16. The number of Topliss-reactive ketones (excluding diaryl/α,β-unsaturated/α-hetero) is 1. The highest BCUT2D eigenvalue weighted by molar-refractivity contribution is 5.87. The topological polar surface area (TPSA) is 84.5 Å². The van der Waals surface area contributed by atoms with Crippen molar-refractivity contribution in [1.29, 1.82) is 0 Å². The third-order valence-electron chi connectivity index (χ3n) is 12.1. The smallest absolute Gasteiger partial charge is 0.328 e. The highest BCUT2D eigenvalue weighted by Crippen LogP contribution is 2.67. The molecule has 0 aromatic rings. The summed E-state index contributed by atoms with van der Waals surface area (Å²) in [5.41, 5.74) is 0.508. The summed E-state index contributed by atoms with van der Waals surface area (Å²) in [4.78, 5) is 38.5. The number of nitrogens with one attached hydrogen (secondary N) is 2. The number of amides is 1. The van der Waals surface area contributed by atoms with Crippen molar-refractivity contribution < 1.29 is 19.1 Å². The molecule has 1 heterocycles. The van der Waals surface area contributed by atoms with Gasteiger partial charge < -0.3 is 15.4 Å². The van der Waals surface area contributed by atoms with Crippen molar-refractivity contribution in [3.05, 3.63) is 0 Å². The molecule has 4 saturated carbocycles. The average Bonchev–Trinajstić information content (AvgIpc) is 3.51. The first-order valence-corrected chi connectivity index (χ1v) is 15.8. The van der Waals surface area contributed by atoms with Crippen LogP contribution in [0.5, 0.6) is 0 Å². The SMILES string of the molecule is CC(=O)[C@H]1CC[C@H]2[C@@H]3CC[C@H]4C[C@H](OC(=O)[C@H](CC(C)C)NC(=O)[C@@H]5CCCN5)CC[C@]4(C)[C@H]3CC[C@]12C. The second kappa shape index (κ2) is 10.9. The molecule has 6 nitrogen and oxygen atoms in total. The van der Waals surface area contributed by atoms with E-state index in [1.54, 1.807) is 0 Å². The van der Waals surface area contributed by atoms with Gasteiger partial charge in [0.25, 0.3) is 0 Å². The fourth-order valence-electron chi connectivity index (χ4n) is 10.1. The van der Waals surface area contributed by atoms with Gasteiger partial charge in [-0.3, -0.25) is 9.59 Å². The third-order valence-corrected chi connectivity index (χ3v) is 12.1. The fourth-order valence-corrected chi connectivity index (χ4v) is 10.1. The van der Waals surface area contributed by atoms with Crippen LogP contribution in [-0.2, 0) is 19.1 Å². The van der Waals surface area contributed by atoms with Gasteiger partial charge >= 0.3 is 5.97 Å². The van der Waals surface area contributed by atoms with Crippen LogP contribution in [0.1, 0.15) is 112 Å². The number of ketones is 1. The monoisotopic (exact) mass is 528 g/mol. The van der Waals surface area contributed by atoms with Gasteiger partial charge in [-0.1, -0.05) is 27.7 Å². The highest BCUT2D eigenvalue weighted by Gasteiger charge is 2.61. The van der Waals surface area contributed by atoms with Crippen LogP contribution in [0, 0.1) is 46.3 Å². The Bertz CT molecular complexity index is 913. The number of ether oxygens (including phenoxy) is 1. The average molecular weight is 529 g/mol. The van der Waals surface area contributed by atoms with Crippen LogP contribution in [0.2, 0.25) is 0 Å². The van der Waals surface area contributed by atoms with E-state index in [2.05, 4.69) is 38.3 Å². The zero-order valence-electron chi connectivity index (χ0n) is 24.5. The summed E-state index contributed by atoms with van der Waals surface area (Å²) in [5.74, 6) is 3.40. The number of esters is 1. The Morgan fingerprint density at radius 3 is 2.37 bits per heavy atom. The molecule has 0 unspecified atom stereocenters. The molecule has 38 heavy (non-hydrogen) atoms. The Balaban J connectivity index is 1.21. The molecular formula is C32H52N2O4. The van der Waals surface area contributed by atoms with Crippen LogP contribution in [-0.4, -0.2) is 42.4 Å². The first kappa shape index (κ1) is 28.1. The maximum Gasteiger partial charge on any atom is 0.328 e. The highest BCUT2D eigenvalue weighted by atomic mass is 16.5. The number of rotatable bonds is 7. The second-order valence-electron chi connectivity index (χ2n) is 14.6. The number of hydrogen-bond acceptors (Lipinski definition) is 5. The molecule has 5 fully saturated rings. The van der Waals surface area contributed by atoms with E-state index in [0.717, 1.165) is 56.9 Å². The zero-order chi connectivity index (χ0) is 27.2. The van der Waals surface area contributed by atoms with Crippen molar-refractivity contribution in [1.82, 2.24) is 10.6 Å². The summed E-state index contributed by atoms with van der Waals surface area (Å²) in [6, 6.07) is -0.757. The van der Waals surface area contributed by atoms with Crippen LogP contribution in [0.3, 0.4) is 0 Å². The van der Waals surface area contributed by atoms with Crippen molar-refractivity contribution >= 4 is 17.7 Å². The third kappa shape index (κ3) is 5.08. The maximum absolute atomic E-state index is 13.3. The van der Waals surface area contributed by atoms with Crippen molar-refractivity contribution in [3.63, 3.8) is 0 Å². The van der Waals surface area contributed by atoms with Gasteiger partial charge in [0.05, 0.1) is 6.04 Å². The largest absolute Gasteiger partial charge is 0.461 e. The van der Waals surface area contributed by atoms with Gasteiger partial charge in [-0.2, -0.15) is 0 Å². The molecule has 214 valence electrons. The van der Waals surface area contributed by atoms with Crippen LogP contribution >= 0.6 is 0 Å². The number of carbonyl (C=O) groups is 3. The minimum absolute atomic E-state index is 0.0456. The molecule has 0 aromatic heterocycles. The van der Waals surface area contributed by atoms with E-state index in [-0.39, 0.29) is 35.4 Å². The van der Waals surface area contributed by atoms with Crippen molar-refractivity contribution in [2.45, 2.75) is 130 Å². The molecule has 2 N–H and O–H groups in total. The summed E-state index contributed by atoms with van der Waals surface area (Å²) in [7, 11) is 0. The molecule has 5 aliphatic rings. The lowest BCUT2D eigenvalue weighted by Gasteiger charge is -2.61. The van der Waals surface area contributed by atoms with Gasteiger partial charge in [0.15, 0.2) is 0 Å². The lowest BCUT2D eigenvalue weighted by atomic mass is 9.44.